The molecule has 0 spiro atoms. The third-order valence-corrected chi connectivity index (χ3v) is 5.27. The fourth-order valence-electron chi connectivity index (χ4n) is 3.31. The molecular weight excluding hydrogens is 376 g/mol. The predicted molar refractivity (Wildman–Crippen MR) is 120 cm³/mol. The van der Waals surface area contributed by atoms with E-state index in [4.69, 9.17) is 4.74 Å². The summed E-state index contributed by atoms with van der Waals surface area (Å²) >= 11 is 0. The van der Waals surface area contributed by atoms with Crippen LogP contribution in [0.3, 0.4) is 0 Å². The Morgan fingerprint density at radius 1 is 1.03 bits per heavy atom. The number of ether oxygens (including phenoxy) is 1. The van der Waals surface area contributed by atoms with Crippen LogP contribution in [0.2, 0.25) is 0 Å². The number of hydrogen-bond donors (Lipinski definition) is 1. The fourth-order valence-corrected chi connectivity index (χ4v) is 3.31. The van der Waals surface area contributed by atoms with E-state index in [1.165, 1.54) is 0 Å². The van der Waals surface area contributed by atoms with Crippen molar-refractivity contribution in [3.63, 3.8) is 0 Å². The molecule has 2 amide bonds. The standard InChI is InChI=1S/C25H34N2O3/c1-6-20(5)26-25(29)22(7-2)27(16-21-13-10-11-18(3)15-21)24(28)17-30-23-14-9-8-12-19(23)4/h8-15,20,22H,6-7,16-17H2,1-5H3,(H,26,29)/t20-,22-/m1/s1. The van der Waals surface area contributed by atoms with Gasteiger partial charge in [-0.2, -0.15) is 0 Å². The molecule has 0 aromatic heterocycles. The second-order valence-corrected chi connectivity index (χ2v) is 7.81. The Labute approximate surface area is 180 Å². The van der Waals surface area contributed by atoms with Crippen LogP contribution in [0.15, 0.2) is 48.5 Å². The number of rotatable bonds is 10. The van der Waals surface area contributed by atoms with E-state index < -0.39 is 6.04 Å². The lowest BCUT2D eigenvalue weighted by molar-refractivity contribution is -0.143. The van der Waals surface area contributed by atoms with E-state index in [-0.39, 0.29) is 24.5 Å². The molecular formula is C25H34N2O3. The predicted octanol–water partition coefficient (Wildman–Crippen LogP) is 4.40. The summed E-state index contributed by atoms with van der Waals surface area (Å²) in [5, 5.41) is 3.02. The molecule has 30 heavy (non-hydrogen) atoms. The van der Waals surface area contributed by atoms with Crippen LogP contribution in [0.5, 0.6) is 5.75 Å². The Bertz CT molecular complexity index is 850. The van der Waals surface area contributed by atoms with Crippen LogP contribution < -0.4 is 10.1 Å². The Balaban J connectivity index is 2.23. The summed E-state index contributed by atoms with van der Waals surface area (Å²) in [7, 11) is 0. The summed E-state index contributed by atoms with van der Waals surface area (Å²) in [5.41, 5.74) is 3.08. The Kier molecular flexibility index (Phi) is 8.90. The van der Waals surface area contributed by atoms with Gasteiger partial charge in [-0.25, -0.2) is 0 Å². The van der Waals surface area contributed by atoms with E-state index in [2.05, 4.69) is 5.32 Å². The van der Waals surface area contributed by atoms with Gasteiger partial charge in [-0.15, -0.1) is 0 Å². The van der Waals surface area contributed by atoms with Gasteiger partial charge >= 0.3 is 0 Å². The van der Waals surface area contributed by atoms with Gasteiger partial charge < -0.3 is 15.0 Å². The molecule has 2 aromatic rings. The number of hydrogen-bond acceptors (Lipinski definition) is 3. The number of para-hydroxylation sites is 1. The molecule has 0 saturated carbocycles. The van der Waals surface area contributed by atoms with Crippen LogP contribution in [0.4, 0.5) is 0 Å². The largest absolute Gasteiger partial charge is 0.484 e. The van der Waals surface area contributed by atoms with E-state index in [1.807, 2.05) is 83.1 Å². The maximum absolute atomic E-state index is 13.2. The second-order valence-electron chi connectivity index (χ2n) is 7.81. The number of amides is 2. The number of nitrogens with zero attached hydrogens (tertiary/aromatic N) is 1. The van der Waals surface area contributed by atoms with Crippen molar-refractivity contribution in [3.8, 4) is 5.75 Å². The molecule has 0 heterocycles. The van der Waals surface area contributed by atoms with Gasteiger partial charge in [0.2, 0.25) is 5.91 Å². The first-order valence-electron chi connectivity index (χ1n) is 10.7. The molecule has 162 valence electrons. The van der Waals surface area contributed by atoms with Crippen molar-refractivity contribution in [1.82, 2.24) is 10.2 Å². The van der Waals surface area contributed by atoms with Crippen molar-refractivity contribution >= 4 is 11.8 Å². The first-order chi connectivity index (χ1) is 14.3. The summed E-state index contributed by atoms with van der Waals surface area (Å²) in [6.07, 6.45) is 1.37. The molecule has 2 aromatic carbocycles. The number of nitrogens with one attached hydrogen (secondary N) is 1. The van der Waals surface area contributed by atoms with Crippen molar-refractivity contribution < 1.29 is 14.3 Å². The minimum atomic E-state index is -0.549. The van der Waals surface area contributed by atoms with Crippen LogP contribution >= 0.6 is 0 Å². The molecule has 0 radical (unpaired) electrons. The molecule has 2 rings (SSSR count). The summed E-state index contributed by atoms with van der Waals surface area (Å²) in [4.78, 5) is 27.8. The number of carbonyl (C=O) groups is 2. The Hall–Kier alpha value is -2.82. The van der Waals surface area contributed by atoms with Gasteiger partial charge in [-0.1, -0.05) is 61.9 Å². The molecule has 1 N–H and O–H groups in total. The minimum absolute atomic E-state index is 0.0608. The molecule has 0 fully saturated rings. The van der Waals surface area contributed by atoms with Crippen LogP contribution in [-0.4, -0.2) is 35.4 Å². The maximum Gasteiger partial charge on any atom is 0.261 e. The van der Waals surface area contributed by atoms with Crippen LogP contribution in [0, 0.1) is 13.8 Å². The van der Waals surface area contributed by atoms with Gasteiger partial charge in [-0.3, -0.25) is 9.59 Å². The zero-order valence-corrected chi connectivity index (χ0v) is 18.8. The number of carbonyl (C=O) groups excluding carboxylic acids is 2. The number of aryl methyl sites for hydroxylation is 2. The molecule has 2 atom stereocenters. The smallest absolute Gasteiger partial charge is 0.261 e. The average Bonchev–Trinajstić information content (AvgIpc) is 2.72. The van der Waals surface area contributed by atoms with Gasteiger partial charge in [0.25, 0.3) is 5.91 Å². The minimum Gasteiger partial charge on any atom is -0.484 e. The van der Waals surface area contributed by atoms with E-state index in [0.29, 0.717) is 18.7 Å². The third kappa shape index (κ3) is 6.61. The molecule has 5 heteroatoms. The topological polar surface area (TPSA) is 58.6 Å². The monoisotopic (exact) mass is 410 g/mol. The summed E-state index contributed by atoms with van der Waals surface area (Å²) in [6, 6.07) is 15.1. The normalized spacial score (nSPS) is 12.7. The Morgan fingerprint density at radius 3 is 2.40 bits per heavy atom. The van der Waals surface area contributed by atoms with Crippen molar-refractivity contribution in [2.45, 2.75) is 66.1 Å². The third-order valence-electron chi connectivity index (χ3n) is 5.27. The highest BCUT2D eigenvalue weighted by atomic mass is 16.5. The molecule has 0 aliphatic rings. The van der Waals surface area contributed by atoms with Crippen LogP contribution in [-0.2, 0) is 16.1 Å². The first-order valence-corrected chi connectivity index (χ1v) is 10.7. The zero-order valence-electron chi connectivity index (χ0n) is 18.8. The molecule has 0 aliphatic carbocycles. The van der Waals surface area contributed by atoms with E-state index >= 15 is 0 Å². The Morgan fingerprint density at radius 2 is 1.77 bits per heavy atom. The van der Waals surface area contributed by atoms with Crippen molar-refractivity contribution in [1.29, 1.82) is 0 Å². The lowest BCUT2D eigenvalue weighted by atomic mass is 10.1. The quantitative estimate of drug-likeness (QED) is 0.631. The lowest BCUT2D eigenvalue weighted by Gasteiger charge is -2.31. The van der Waals surface area contributed by atoms with E-state index in [0.717, 1.165) is 23.1 Å². The number of benzene rings is 2. The summed E-state index contributed by atoms with van der Waals surface area (Å²) < 4.78 is 5.79. The van der Waals surface area contributed by atoms with Crippen molar-refractivity contribution in [2.24, 2.45) is 0 Å². The van der Waals surface area contributed by atoms with Crippen LogP contribution in [0.25, 0.3) is 0 Å². The average molecular weight is 411 g/mol. The van der Waals surface area contributed by atoms with Gasteiger partial charge in [0.1, 0.15) is 11.8 Å². The highest BCUT2D eigenvalue weighted by Gasteiger charge is 2.29. The molecule has 0 saturated heterocycles. The van der Waals surface area contributed by atoms with Crippen molar-refractivity contribution in [2.75, 3.05) is 6.61 Å². The zero-order chi connectivity index (χ0) is 22.1. The van der Waals surface area contributed by atoms with Gasteiger partial charge in [0, 0.05) is 12.6 Å². The first kappa shape index (κ1) is 23.5. The van der Waals surface area contributed by atoms with Crippen molar-refractivity contribution in [3.05, 3.63) is 65.2 Å². The lowest BCUT2D eigenvalue weighted by Crippen LogP contribution is -2.51. The van der Waals surface area contributed by atoms with Gasteiger partial charge in [0.15, 0.2) is 6.61 Å². The highest BCUT2D eigenvalue weighted by molar-refractivity contribution is 5.88. The fraction of sp³-hybridized carbons (Fsp3) is 0.440. The molecule has 5 nitrogen and oxygen atoms in total. The molecule has 0 unspecified atom stereocenters. The molecule has 0 bridgehead atoms. The SMILES string of the molecule is CC[C@@H](C)NC(=O)[C@@H](CC)N(Cc1cccc(C)c1)C(=O)COc1ccccc1C. The summed E-state index contributed by atoms with van der Waals surface area (Å²) in [6.45, 7) is 10.1. The summed E-state index contributed by atoms with van der Waals surface area (Å²) in [5.74, 6) is 0.355. The highest BCUT2D eigenvalue weighted by Crippen LogP contribution is 2.18. The molecule has 0 aliphatic heterocycles. The van der Waals surface area contributed by atoms with Gasteiger partial charge in [-0.05, 0) is 50.8 Å². The second kappa shape index (κ2) is 11.4. The van der Waals surface area contributed by atoms with Gasteiger partial charge in [0.05, 0.1) is 0 Å². The maximum atomic E-state index is 13.2. The van der Waals surface area contributed by atoms with E-state index in [9.17, 15) is 9.59 Å². The van der Waals surface area contributed by atoms with Crippen LogP contribution in [0.1, 0.15) is 50.3 Å². The van der Waals surface area contributed by atoms with E-state index in [1.54, 1.807) is 4.90 Å².